The minimum Gasteiger partial charge on any atom is -0.348 e. The van der Waals surface area contributed by atoms with Crippen molar-refractivity contribution < 1.29 is 14.4 Å². The first-order chi connectivity index (χ1) is 13.1. The van der Waals surface area contributed by atoms with Crippen LogP contribution in [0.15, 0.2) is 30.3 Å². The summed E-state index contributed by atoms with van der Waals surface area (Å²) in [7, 11) is 0. The summed E-state index contributed by atoms with van der Waals surface area (Å²) in [5.41, 5.74) is 0.343. The number of benzene rings is 1. The predicted octanol–water partition coefficient (Wildman–Crippen LogP) is 3.39. The van der Waals surface area contributed by atoms with Crippen LogP contribution in [0.5, 0.6) is 0 Å². The standard InChI is InChI=1S/C22H31N3O3/c1-15(16-8-6-5-7-9-16)23-18(26)14-25-19(27)22(24-20(25)28)12-10-17(11-13-22)21(2,3)4/h5-9,15,17H,10-14H2,1-4H3,(H,23,26)(H,24,28). The van der Waals surface area contributed by atoms with Gasteiger partial charge in [-0.3, -0.25) is 14.5 Å². The Morgan fingerprint density at radius 2 is 1.82 bits per heavy atom. The molecule has 1 aromatic rings. The van der Waals surface area contributed by atoms with Gasteiger partial charge in [-0.1, -0.05) is 51.1 Å². The van der Waals surface area contributed by atoms with Crippen molar-refractivity contribution in [3.8, 4) is 0 Å². The number of hydrogen-bond donors (Lipinski definition) is 2. The van der Waals surface area contributed by atoms with Gasteiger partial charge in [-0.15, -0.1) is 0 Å². The quantitative estimate of drug-likeness (QED) is 0.780. The van der Waals surface area contributed by atoms with E-state index < -0.39 is 11.6 Å². The summed E-state index contributed by atoms with van der Waals surface area (Å²) in [4.78, 5) is 39.0. The molecule has 2 N–H and O–H groups in total. The smallest absolute Gasteiger partial charge is 0.325 e. The largest absolute Gasteiger partial charge is 0.348 e. The van der Waals surface area contributed by atoms with E-state index in [0.717, 1.165) is 23.3 Å². The lowest BCUT2D eigenvalue weighted by Crippen LogP contribution is -2.51. The molecular formula is C22H31N3O3. The molecule has 28 heavy (non-hydrogen) atoms. The summed E-state index contributed by atoms with van der Waals surface area (Å²) in [5, 5.41) is 5.76. The van der Waals surface area contributed by atoms with Gasteiger partial charge in [0, 0.05) is 0 Å². The summed E-state index contributed by atoms with van der Waals surface area (Å²) in [5.74, 6) is -0.0560. The molecule has 2 fully saturated rings. The monoisotopic (exact) mass is 385 g/mol. The molecule has 1 aromatic carbocycles. The van der Waals surface area contributed by atoms with Crippen molar-refractivity contribution in [1.29, 1.82) is 0 Å². The maximum Gasteiger partial charge on any atom is 0.325 e. The highest BCUT2D eigenvalue weighted by Gasteiger charge is 2.53. The van der Waals surface area contributed by atoms with Crippen LogP contribution in [0.25, 0.3) is 0 Å². The number of nitrogens with one attached hydrogen (secondary N) is 2. The molecule has 1 atom stereocenters. The third-order valence-corrected chi connectivity index (χ3v) is 6.29. The Morgan fingerprint density at radius 1 is 1.21 bits per heavy atom. The van der Waals surface area contributed by atoms with Crippen molar-refractivity contribution in [2.45, 2.75) is 65.0 Å². The zero-order chi connectivity index (χ0) is 20.5. The SMILES string of the molecule is CC(NC(=O)CN1C(=O)NC2(CCC(C(C)(C)C)CC2)C1=O)c1ccccc1. The molecule has 1 saturated carbocycles. The summed E-state index contributed by atoms with van der Waals surface area (Å²) in [6.07, 6.45) is 3.08. The van der Waals surface area contributed by atoms with Gasteiger partial charge in [-0.2, -0.15) is 0 Å². The first-order valence-electron chi connectivity index (χ1n) is 10.1. The highest BCUT2D eigenvalue weighted by molar-refractivity contribution is 6.09. The molecular weight excluding hydrogens is 354 g/mol. The molecule has 0 bridgehead atoms. The van der Waals surface area contributed by atoms with Crippen LogP contribution in [-0.2, 0) is 9.59 Å². The van der Waals surface area contributed by atoms with Crippen molar-refractivity contribution in [2.75, 3.05) is 6.54 Å². The van der Waals surface area contributed by atoms with Gasteiger partial charge in [0.1, 0.15) is 12.1 Å². The minimum absolute atomic E-state index is 0.189. The van der Waals surface area contributed by atoms with E-state index in [1.165, 1.54) is 0 Å². The Morgan fingerprint density at radius 3 is 2.39 bits per heavy atom. The number of hydrogen-bond acceptors (Lipinski definition) is 3. The molecule has 1 unspecified atom stereocenters. The predicted molar refractivity (Wildman–Crippen MR) is 107 cm³/mol. The molecule has 1 aliphatic carbocycles. The fraction of sp³-hybridized carbons (Fsp3) is 0.591. The molecule has 4 amide bonds. The molecule has 0 radical (unpaired) electrons. The maximum absolute atomic E-state index is 13.0. The molecule has 1 saturated heterocycles. The number of nitrogens with zero attached hydrogens (tertiary/aromatic N) is 1. The second-order valence-corrected chi connectivity index (χ2v) is 9.24. The van der Waals surface area contributed by atoms with E-state index in [-0.39, 0.29) is 29.8 Å². The Labute approximate surface area is 167 Å². The average molecular weight is 386 g/mol. The van der Waals surface area contributed by atoms with Crippen LogP contribution < -0.4 is 10.6 Å². The first-order valence-corrected chi connectivity index (χ1v) is 10.1. The van der Waals surface area contributed by atoms with Crippen LogP contribution in [-0.4, -0.2) is 34.8 Å². The fourth-order valence-corrected chi connectivity index (χ4v) is 4.39. The van der Waals surface area contributed by atoms with Gasteiger partial charge in [0.05, 0.1) is 6.04 Å². The van der Waals surface area contributed by atoms with E-state index in [1.807, 2.05) is 37.3 Å². The van der Waals surface area contributed by atoms with E-state index in [1.54, 1.807) is 0 Å². The number of rotatable bonds is 4. The van der Waals surface area contributed by atoms with Crippen LogP contribution in [0.3, 0.4) is 0 Å². The van der Waals surface area contributed by atoms with Crippen LogP contribution in [0.1, 0.15) is 65.0 Å². The minimum atomic E-state index is -0.829. The average Bonchev–Trinajstić information content (AvgIpc) is 2.86. The maximum atomic E-state index is 13.0. The molecule has 3 rings (SSSR count). The van der Waals surface area contributed by atoms with Crippen LogP contribution in [0.4, 0.5) is 4.79 Å². The molecule has 0 aromatic heterocycles. The van der Waals surface area contributed by atoms with Gasteiger partial charge in [-0.05, 0) is 49.5 Å². The zero-order valence-corrected chi connectivity index (χ0v) is 17.2. The number of imide groups is 1. The van der Waals surface area contributed by atoms with E-state index in [9.17, 15) is 14.4 Å². The Hall–Kier alpha value is -2.37. The van der Waals surface area contributed by atoms with Gasteiger partial charge in [0.2, 0.25) is 5.91 Å². The first kappa shape index (κ1) is 20.4. The normalized spacial score (nSPS) is 26.3. The highest BCUT2D eigenvalue weighted by Crippen LogP contribution is 2.43. The second kappa shape index (κ2) is 7.57. The Balaban J connectivity index is 1.60. The molecule has 1 aliphatic heterocycles. The highest BCUT2D eigenvalue weighted by atomic mass is 16.2. The molecule has 1 heterocycles. The van der Waals surface area contributed by atoms with Crippen molar-refractivity contribution in [1.82, 2.24) is 15.5 Å². The molecule has 6 nitrogen and oxygen atoms in total. The number of urea groups is 1. The summed E-state index contributed by atoms with van der Waals surface area (Å²) >= 11 is 0. The second-order valence-electron chi connectivity index (χ2n) is 9.24. The van der Waals surface area contributed by atoms with Crippen molar-refractivity contribution in [2.24, 2.45) is 11.3 Å². The Kier molecular flexibility index (Phi) is 5.50. The van der Waals surface area contributed by atoms with E-state index >= 15 is 0 Å². The van der Waals surface area contributed by atoms with Crippen LogP contribution in [0.2, 0.25) is 0 Å². The summed E-state index contributed by atoms with van der Waals surface area (Å²) in [6, 6.07) is 8.95. The van der Waals surface area contributed by atoms with Gasteiger partial charge >= 0.3 is 6.03 Å². The fourth-order valence-electron chi connectivity index (χ4n) is 4.39. The van der Waals surface area contributed by atoms with E-state index in [4.69, 9.17) is 0 Å². The van der Waals surface area contributed by atoms with Crippen molar-refractivity contribution >= 4 is 17.8 Å². The molecule has 6 heteroatoms. The lowest BCUT2D eigenvalue weighted by molar-refractivity contribution is -0.136. The van der Waals surface area contributed by atoms with Crippen LogP contribution >= 0.6 is 0 Å². The lowest BCUT2D eigenvalue weighted by Gasteiger charge is -2.40. The molecule has 2 aliphatic rings. The van der Waals surface area contributed by atoms with Crippen molar-refractivity contribution in [3.05, 3.63) is 35.9 Å². The van der Waals surface area contributed by atoms with Gasteiger partial charge in [0.15, 0.2) is 0 Å². The van der Waals surface area contributed by atoms with E-state index in [2.05, 4.69) is 31.4 Å². The molecule has 1 spiro atoms. The van der Waals surface area contributed by atoms with Gasteiger partial charge in [-0.25, -0.2) is 4.79 Å². The van der Waals surface area contributed by atoms with Gasteiger partial charge < -0.3 is 10.6 Å². The Bertz CT molecular complexity index is 746. The van der Waals surface area contributed by atoms with Crippen molar-refractivity contribution in [3.63, 3.8) is 0 Å². The molecule has 152 valence electrons. The summed E-state index contributed by atoms with van der Waals surface area (Å²) < 4.78 is 0. The third kappa shape index (κ3) is 4.05. The number of carbonyl (C=O) groups excluding carboxylic acids is 3. The topological polar surface area (TPSA) is 78.5 Å². The lowest BCUT2D eigenvalue weighted by atomic mass is 9.67. The van der Waals surface area contributed by atoms with Gasteiger partial charge in [0.25, 0.3) is 5.91 Å². The van der Waals surface area contributed by atoms with E-state index in [0.29, 0.717) is 18.8 Å². The summed E-state index contributed by atoms with van der Waals surface area (Å²) in [6.45, 7) is 8.29. The zero-order valence-electron chi connectivity index (χ0n) is 17.2. The third-order valence-electron chi connectivity index (χ3n) is 6.29. The number of carbonyl (C=O) groups is 3. The number of amides is 4. The van der Waals surface area contributed by atoms with Crippen LogP contribution in [0, 0.1) is 11.3 Å².